The Morgan fingerprint density at radius 1 is 1.70 bits per heavy atom. The van der Waals surface area contributed by atoms with Crippen LogP contribution >= 0.6 is 0 Å². The molecule has 0 bridgehead atoms. The molecule has 0 spiro atoms. The van der Waals surface area contributed by atoms with E-state index in [2.05, 4.69) is 4.98 Å². The molecule has 0 aromatic carbocycles. The molecule has 0 radical (unpaired) electrons. The Morgan fingerprint density at radius 3 is 2.90 bits per heavy atom. The molecule has 1 aromatic rings. The van der Waals surface area contributed by atoms with E-state index in [-0.39, 0.29) is 0 Å². The summed E-state index contributed by atoms with van der Waals surface area (Å²) in [6.45, 7) is 1.33. The van der Waals surface area contributed by atoms with Crippen LogP contribution in [0.3, 0.4) is 0 Å². The quantitative estimate of drug-likeness (QED) is 0.641. The van der Waals surface area contributed by atoms with Crippen LogP contribution in [-0.2, 0) is 6.67 Å². The lowest BCUT2D eigenvalue weighted by atomic mass is 10.2. The molecule has 0 aliphatic carbocycles. The Morgan fingerprint density at radius 2 is 2.40 bits per heavy atom. The zero-order chi connectivity index (χ0) is 7.56. The summed E-state index contributed by atoms with van der Waals surface area (Å²) in [6, 6.07) is 1.55. The summed E-state index contributed by atoms with van der Waals surface area (Å²) < 4.78 is 12.1. The molecule has 1 aromatic heterocycles. The fraction of sp³-hybridized carbons (Fsp3) is 0.286. The van der Waals surface area contributed by atoms with Gasteiger partial charge in [-0.1, -0.05) is 0 Å². The molecule has 0 saturated heterocycles. The number of pyridine rings is 1. The number of aromatic nitrogens is 1. The zero-order valence-electron chi connectivity index (χ0n) is 5.76. The minimum absolute atomic E-state index is 0.373. The van der Waals surface area contributed by atoms with Crippen LogP contribution in [0.5, 0.6) is 0 Å². The first kappa shape index (κ1) is 6.99. The lowest BCUT2D eigenvalue weighted by Gasteiger charge is -1.99. The predicted octanol–water partition coefficient (Wildman–Crippen LogP) is 1.44. The number of halogens is 1. The van der Waals surface area contributed by atoms with Gasteiger partial charge in [0, 0.05) is 6.20 Å². The summed E-state index contributed by atoms with van der Waals surface area (Å²) in [7, 11) is 0. The molecule has 0 unspecified atom stereocenters. The molecule has 0 fully saturated rings. The molecule has 0 amide bonds. The number of alkyl halides is 1. The standard InChI is InChI=1S/C7H9FN2/c1-5-4-10-7(9)2-6(5)3-8/h2,4H,3H2,1H3,(H2,9,10). The number of nitrogen functional groups attached to an aromatic ring is 1. The molecule has 10 heavy (non-hydrogen) atoms. The Kier molecular flexibility index (Phi) is 1.85. The van der Waals surface area contributed by atoms with Crippen LogP contribution in [0.2, 0.25) is 0 Å². The van der Waals surface area contributed by atoms with Crippen molar-refractivity contribution >= 4 is 5.82 Å². The lowest BCUT2D eigenvalue weighted by molar-refractivity contribution is 0.483. The van der Waals surface area contributed by atoms with Crippen molar-refractivity contribution in [2.45, 2.75) is 13.6 Å². The molecule has 0 aliphatic rings. The van der Waals surface area contributed by atoms with E-state index >= 15 is 0 Å². The number of hydrogen-bond donors (Lipinski definition) is 1. The Bertz CT molecular complexity index is 235. The molecular formula is C7H9FN2. The van der Waals surface area contributed by atoms with Crippen molar-refractivity contribution < 1.29 is 4.39 Å². The number of nitrogens with two attached hydrogens (primary N) is 1. The van der Waals surface area contributed by atoms with Crippen molar-refractivity contribution in [3.63, 3.8) is 0 Å². The molecule has 0 saturated carbocycles. The van der Waals surface area contributed by atoms with E-state index in [1.165, 1.54) is 0 Å². The topological polar surface area (TPSA) is 38.9 Å². The van der Waals surface area contributed by atoms with Crippen molar-refractivity contribution in [1.29, 1.82) is 0 Å². The van der Waals surface area contributed by atoms with Crippen LogP contribution in [-0.4, -0.2) is 4.98 Å². The van der Waals surface area contributed by atoms with Crippen LogP contribution in [0.15, 0.2) is 12.3 Å². The van der Waals surface area contributed by atoms with E-state index in [0.29, 0.717) is 11.4 Å². The van der Waals surface area contributed by atoms with E-state index in [9.17, 15) is 4.39 Å². The predicted molar refractivity (Wildman–Crippen MR) is 38.2 cm³/mol. The van der Waals surface area contributed by atoms with Crippen molar-refractivity contribution in [3.8, 4) is 0 Å². The van der Waals surface area contributed by atoms with Gasteiger partial charge < -0.3 is 5.73 Å². The van der Waals surface area contributed by atoms with E-state index < -0.39 is 6.67 Å². The van der Waals surface area contributed by atoms with Gasteiger partial charge in [0.15, 0.2) is 0 Å². The van der Waals surface area contributed by atoms with Gasteiger partial charge in [0.2, 0.25) is 0 Å². The maximum atomic E-state index is 12.1. The number of nitrogens with zero attached hydrogens (tertiary/aromatic N) is 1. The third kappa shape index (κ3) is 1.23. The molecular weight excluding hydrogens is 131 g/mol. The van der Waals surface area contributed by atoms with Crippen LogP contribution in [0, 0.1) is 6.92 Å². The lowest BCUT2D eigenvalue weighted by Crippen LogP contribution is -1.93. The van der Waals surface area contributed by atoms with Gasteiger partial charge in [-0.3, -0.25) is 0 Å². The second-order valence-electron chi connectivity index (χ2n) is 2.17. The van der Waals surface area contributed by atoms with E-state index in [0.717, 1.165) is 5.56 Å². The fourth-order valence-electron chi connectivity index (χ4n) is 0.728. The molecule has 2 N–H and O–H groups in total. The first-order valence-electron chi connectivity index (χ1n) is 3.01. The number of rotatable bonds is 1. The summed E-state index contributed by atoms with van der Waals surface area (Å²) in [5.41, 5.74) is 6.79. The van der Waals surface area contributed by atoms with Crippen LogP contribution in [0.25, 0.3) is 0 Å². The third-order valence-corrected chi connectivity index (χ3v) is 1.38. The first-order chi connectivity index (χ1) is 4.74. The SMILES string of the molecule is Cc1cnc(N)cc1CF. The number of hydrogen-bond acceptors (Lipinski definition) is 2. The monoisotopic (exact) mass is 140 g/mol. The Balaban J connectivity index is 3.09. The maximum absolute atomic E-state index is 12.1. The van der Waals surface area contributed by atoms with Gasteiger partial charge in [-0.05, 0) is 24.1 Å². The average molecular weight is 140 g/mol. The van der Waals surface area contributed by atoms with Gasteiger partial charge in [-0.25, -0.2) is 9.37 Å². The van der Waals surface area contributed by atoms with Gasteiger partial charge in [0.25, 0.3) is 0 Å². The van der Waals surface area contributed by atoms with E-state index in [1.54, 1.807) is 19.2 Å². The highest BCUT2D eigenvalue weighted by Crippen LogP contribution is 2.10. The molecule has 1 rings (SSSR count). The van der Waals surface area contributed by atoms with Gasteiger partial charge in [0.1, 0.15) is 12.5 Å². The third-order valence-electron chi connectivity index (χ3n) is 1.38. The average Bonchev–Trinajstić information content (AvgIpc) is 1.94. The van der Waals surface area contributed by atoms with Crippen molar-refractivity contribution in [1.82, 2.24) is 4.98 Å². The molecule has 54 valence electrons. The highest BCUT2D eigenvalue weighted by molar-refractivity contribution is 5.35. The molecule has 3 heteroatoms. The van der Waals surface area contributed by atoms with Gasteiger partial charge in [-0.15, -0.1) is 0 Å². The fourth-order valence-corrected chi connectivity index (χ4v) is 0.728. The minimum atomic E-state index is -0.474. The first-order valence-corrected chi connectivity index (χ1v) is 3.01. The summed E-state index contributed by atoms with van der Waals surface area (Å²) in [6.07, 6.45) is 1.57. The molecule has 1 heterocycles. The number of anilines is 1. The second kappa shape index (κ2) is 2.64. The van der Waals surface area contributed by atoms with Crippen molar-refractivity contribution in [3.05, 3.63) is 23.4 Å². The normalized spacial score (nSPS) is 9.80. The summed E-state index contributed by atoms with van der Waals surface area (Å²) in [4.78, 5) is 3.80. The Labute approximate surface area is 58.9 Å². The van der Waals surface area contributed by atoms with E-state index in [1.807, 2.05) is 0 Å². The Hall–Kier alpha value is -1.12. The molecule has 0 atom stereocenters. The second-order valence-corrected chi connectivity index (χ2v) is 2.17. The van der Waals surface area contributed by atoms with Crippen molar-refractivity contribution in [2.24, 2.45) is 0 Å². The highest BCUT2D eigenvalue weighted by atomic mass is 19.1. The molecule has 0 aliphatic heterocycles. The molecule has 2 nitrogen and oxygen atoms in total. The van der Waals surface area contributed by atoms with Crippen LogP contribution in [0.4, 0.5) is 10.2 Å². The maximum Gasteiger partial charge on any atom is 0.123 e. The van der Waals surface area contributed by atoms with Crippen LogP contribution < -0.4 is 5.73 Å². The van der Waals surface area contributed by atoms with Crippen LogP contribution in [0.1, 0.15) is 11.1 Å². The summed E-state index contributed by atoms with van der Waals surface area (Å²) in [5, 5.41) is 0. The summed E-state index contributed by atoms with van der Waals surface area (Å²) in [5.74, 6) is 0.373. The van der Waals surface area contributed by atoms with Gasteiger partial charge in [0.05, 0.1) is 0 Å². The van der Waals surface area contributed by atoms with Crippen molar-refractivity contribution in [2.75, 3.05) is 5.73 Å². The minimum Gasteiger partial charge on any atom is -0.384 e. The largest absolute Gasteiger partial charge is 0.384 e. The van der Waals surface area contributed by atoms with E-state index in [4.69, 9.17) is 5.73 Å². The zero-order valence-corrected chi connectivity index (χ0v) is 5.76. The smallest absolute Gasteiger partial charge is 0.123 e. The summed E-state index contributed by atoms with van der Waals surface area (Å²) >= 11 is 0. The van der Waals surface area contributed by atoms with Gasteiger partial charge in [-0.2, -0.15) is 0 Å². The van der Waals surface area contributed by atoms with Gasteiger partial charge >= 0.3 is 0 Å². The highest BCUT2D eigenvalue weighted by Gasteiger charge is 1.97. The number of aryl methyl sites for hydroxylation is 1.